The average Bonchev–Trinajstić information content (AvgIpc) is 2.73. The van der Waals surface area contributed by atoms with Crippen LogP contribution in [0.4, 0.5) is 5.82 Å². The molecule has 0 aromatic carbocycles. The Hall–Kier alpha value is -1.20. The highest BCUT2D eigenvalue weighted by Crippen LogP contribution is 2.23. The summed E-state index contributed by atoms with van der Waals surface area (Å²) in [6.07, 6.45) is 3.35. The molecule has 4 nitrogen and oxygen atoms in total. The first-order valence-electron chi connectivity index (χ1n) is 4.95. The monoisotopic (exact) mass is 223 g/mol. The van der Waals surface area contributed by atoms with Crippen molar-refractivity contribution in [3.63, 3.8) is 0 Å². The lowest BCUT2D eigenvalue weighted by atomic mass is 10.3. The average molecular weight is 223 g/mol. The fraction of sp³-hybridized carbons (Fsp3) is 0.400. The van der Waals surface area contributed by atoms with Gasteiger partial charge < -0.3 is 10.4 Å². The SMILES string of the molecule is OCCCCNc1ncnc2sccc12. The first-order valence-corrected chi connectivity index (χ1v) is 5.82. The minimum absolute atomic E-state index is 0.249. The quantitative estimate of drug-likeness (QED) is 0.760. The van der Waals surface area contributed by atoms with Crippen LogP contribution in [0.3, 0.4) is 0 Å². The third-order valence-corrected chi connectivity index (χ3v) is 2.96. The molecule has 0 amide bonds. The molecule has 0 unspecified atom stereocenters. The molecule has 80 valence electrons. The van der Waals surface area contributed by atoms with Crippen molar-refractivity contribution >= 4 is 27.4 Å². The van der Waals surface area contributed by atoms with Gasteiger partial charge in [-0.1, -0.05) is 0 Å². The van der Waals surface area contributed by atoms with E-state index in [1.165, 1.54) is 0 Å². The molecule has 0 saturated heterocycles. The lowest BCUT2D eigenvalue weighted by Gasteiger charge is -2.04. The Bertz CT molecular complexity index is 429. The maximum Gasteiger partial charge on any atom is 0.138 e. The molecule has 15 heavy (non-hydrogen) atoms. The minimum Gasteiger partial charge on any atom is -0.396 e. The van der Waals surface area contributed by atoms with E-state index in [0.717, 1.165) is 35.4 Å². The van der Waals surface area contributed by atoms with Crippen LogP contribution < -0.4 is 5.32 Å². The molecule has 0 saturated carbocycles. The van der Waals surface area contributed by atoms with Gasteiger partial charge in [0.05, 0.1) is 5.39 Å². The van der Waals surface area contributed by atoms with Gasteiger partial charge in [-0.15, -0.1) is 11.3 Å². The number of hydrogen-bond acceptors (Lipinski definition) is 5. The third-order valence-electron chi connectivity index (χ3n) is 2.14. The van der Waals surface area contributed by atoms with E-state index in [0.29, 0.717) is 0 Å². The van der Waals surface area contributed by atoms with Gasteiger partial charge >= 0.3 is 0 Å². The first kappa shape index (κ1) is 10.3. The van der Waals surface area contributed by atoms with Gasteiger partial charge in [0.2, 0.25) is 0 Å². The molecule has 0 aliphatic rings. The van der Waals surface area contributed by atoms with E-state index in [4.69, 9.17) is 5.11 Å². The Kier molecular flexibility index (Phi) is 3.47. The molecule has 0 bridgehead atoms. The number of unbranched alkanes of at least 4 members (excludes halogenated alkanes) is 1. The summed E-state index contributed by atoms with van der Waals surface area (Å²) in [6, 6.07) is 2.02. The maximum atomic E-state index is 8.65. The summed E-state index contributed by atoms with van der Waals surface area (Å²) >= 11 is 1.61. The standard InChI is InChI=1S/C10H13N3OS/c14-5-2-1-4-11-9-8-3-6-15-10(8)13-7-12-9/h3,6-7,14H,1-2,4-5H2,(H,11,12,13). The largest absolute Gasteiger partial charge is 0.396 e. The molecule has 2 rings (SSSR count). The maximum absolute atomic E-state index is 8.65. The van der Waals surface area contributed by atoms with Crippen molar-refractivity contribution in [2.45, 2.75) is 12.8 Å². The van der Waals surface area contributed by atoms with Crippen molar-refractivity contribution in [2.75, 3.05) is 18.5 Å². The first-order chi connectivity index (χ1) is 7.42. The molecule has 0 spiro atoms. The van der Waals surface area contributed by atoms with Crippen LogP contribution in [-0.4, -0.2) is 28.2 Å². The summed E-state index contributed by atoms with van der Waals surface area (Å²) in [7, 11) is 0. The van der Waals surface area contributed by atoms with Gasteiger partial charge in [-0.2, -0.15) is 0 Å². The summed E-state index contributed by atoms with van der Waals surface area (Å²) in [6.45, 7) is 1.09. The lowest BCUT2D eigenvalue weighted by molar-refractivity contribution is 0.286. The molecular formula is C10H13N3OS. The van der Waals surface area contributed by atoms with Crippen molar-refractivity contribution < 1.29 is 5.11 Å². The van der Waals surface area contributed by atoms with Gasteiger partial charge in [-0.05, 0) is 24.3 Å². The number of rotatable bonds is 5. The Labute approximate surface area is 92.0 Å². The molecule has 2 heterocycles. The Balaban J connectivity index is 2.04. The van der Waals surface area contributed by atoms with E-state index in [-0.39, 0.29) is 6.61 Å². The summed E-state index contributed by atoms with van der Waals surface area (Å²) in [5, 5.41) is 15.0. The smallest absolute Gasteiger partial charge is 0.138 e. The van der Waals surface area contributed by atoms with Gasteiger partial charge in [-0.3, -0.25) is 0 Å². The molecule has 0 fully saturated rings. The molecule has 0 aliphatic heterocycles. The number of fused-ring (bicyclic) bond motifs is 1. The van der Waals surface area contributed by atoms with Gasteiger partial charge in [0.1, 0.15) is 17.0 Å². The third kappa shape index (κ3) is 2.43. The van der Waals surface area contributed by atoms with Crippen molar-refractivity contribution in [1.29, 1.82) is 0 Å². The highest BCUT2D eigenvalue weighted by atomic mass is 32.1. The van der Waals surface area contributed by atoms with Crippen LogP contribution in [-0.2, 0) is 0 Å². The fourth-order valence-corrected chi connectivity index (χ4v) is 2.11. The van der Waals surface area contributed by atoms with Gasteiger partial charge in [0.25, 0.3) is 0 Å². The Morgan fingerprint density at radius 2 is 2.27 bits per heavy atom. The lowest BCUT2D eigenvalue weighted by Crippen LogP contribution is -2.04. The zero-order chi connectivity index (χ0) is 10.5. The van der Waals surface area contributed by atoms with Crippen molar-refractivity contribution in [3.05, 3.63) is 17.8 Å². The number of aliphatic hydroxyl groups excluding tert-OH is 1. The topological polar surface area (TPSA) is 58.0 Å². The van der Waals surface area contributed by atoms with E-state index < -0.39 is 0 Å². The van der Waals surface area contributed by atoms with Gasteiger partial charge in [0, 0.05) is 13.2 Å². The van der Waals surface area contributed by atoms with Crippen LogP contribution >= 0.6 is 11.3 Å². The minimum atomic E-state index is 0.249. The van der Waals surface area contributed by atoms with E-state index in [9.17, 15) is 0 Å². The van der Waals surface area contributed by atoms with Crippen molar-refractivity contribution in [1.82, 2.24) is 9.97 Å². The van der Waals surface area contributed by atoms with Gasteiger partial charge in [-0.25, -0.2) is 9.97 Å². The van der Waals surface area contributed by atoms with Crippen molar-refractivity contribution in [2.24, 2.45) is 0 Å². The predicted molar refractivity (Wildman–Crippen MR) is 62.2 cm³/mol. The summed E-state index contributed by atoms with van der Waals surface area (Å²) < 4.78 is 0. The zero-order valence-corrected chi connectivity index (χ0v) is 9.13. The fourth-order valence-electron chi connectivity index (χ4n) is 1.37. The van der Waals surface area contributed by atoms with Crippen LogP contribution in [0.5, 0.6) is 0 Å². The Morgan fingerprint density at radius 3 is 3.13 bits per heavy atom. The van der Waals surface area contributed by atoms with E-state index in [1.807, 2.05) is 11.4 Å². The molecule has 0 radical (unpaired) electrons. The van der Waals surface area contributed by atoms with Crippen LogP contribution in [0, 0.1) is 0 Å². The number of thiophene rings is 1. The number of anilines is 1. The molecule has 5 heteroatoms. The number of nitrogens with zero attached hydrogens (tertiary/aromatic N) is 2. The van der Waals surface area contributed by atoms with Crippen LogP contribution in [0.2, 0.25) is 0 Å². The summed E-state index contributed by atoms with van der Waals surface area (Å²) in [4.78, 5) is 9.38. The van der Waals surface area contributed by atoms with Crippen LogP contribution in [0.15, 0.2) is 17.8 Å². The van der Waals surface area contributed by atoms with E-state index in [2.05, 4.69) is 15.3 Å². The van der Waals surface area contributed by atoms with Gasteiger partial charge in [0.15, 0.2) is 0 Å². The predicted octanol–water partition coefficient (Wildman–Crippen LogP) is 1.88. The number of aliphatic hydroxyl groups is 1. The molecule has 0 aliphatic carbocycles. The Morgan fingerprint density at radius 1 is 1.33 bits per heavy atom. The molecular weight excluding hydrogens is 210 g/mol. The molecule has 0 atom stereocenters. The van der Waals surface area contributed by atoms with Crippen molar-refractivity contribution in [3.8, 4) is 0 Å². The highest BCUT2D eigenvalue weighted by Gasteiger charge is 2.02. The normalized spacial score (nSPS) is 10.7. The number of hydrogen-bond donors (Lipinski definition) is 2. The number of nitrogens with one attached hydrogen (secondary N) is 1. The summed E-state index contributed by atoms with van der Waals surface area (Å²) in [5.74, 6) is 0.888. The number of aromatic nitrogens is 2. The molecule has 2 N–H and O–H groups in total. The highest BCUT2D eigenvalue weighted by molar-refractivity contribution is 7.16. The second kappa shape index (κ2) is 5.04. The van der Waals surface area contributed by atoms with E-state index in [1.54, 1.807) is 17.7 Å². The molecule has 2 aromatic heterocycles. The second-order valence-corrected chi connectivity index (χ2v) is 4.11. The molecule has 2 aromatic rings. The second-order valence-electron chi connectivity index (χ2n) is 3.22. The summed E-state index contributed by atoms with van der Waals surface area (Å²) in [5.41, 5.74) is 0. The van der Waals surface area contributed by atoms with E-state index >= 15 is 0 Å². The zero-order valence-electron chi connectivity index (χ0n) is 8.31. The van der Waals surface area contributed by atoms with Crippen LogP contribution in [0.1, 0.15) is 12.8 Å². The van der Waals surface area contributed by atoms with Crippen LogP contribution in [0.25, 0.3) is 10.2 Å².